The molecule has 1 aliphatic rings. The Morgan fingerprint density at radius 2 is 1.92 bits per heavy atom. The van der Waals surface area contributed by atoms with Crippen LogP contribution in [0.15, 0.2) is 36.4 Å². The third-order valence-electron chi connectivity index (χ3n) is 4.00. The molecule has 0 bridgehead atoms. The van der Waals surface area contributed by atoms with E-state index >= 15 is 0 Å². The molecule has 126 valence electrons. The smallest absolute Gasteiger partial charge is 0.272 e. The van der Waals surface area contributed by atoms with Gasteiger partial charge in [-0.05, 0) is 12.5 Å². The number of rotatable bonds is 4. The van der Waals surface area contributed by atoms with Gasteiger partial charge in [0.05, 0.1) is 13.2 Å². The van der Waals surface area contributed by atoms with Gasteiger partial charge in [0.25, 0.3) is 5.91 Å². The van der Waals surface area contributed by atoms with Crippen LogP contribution in [0.5, 0.6) is 0 Å². The Labute approximate surface area is 142 Å². The fraction of sp³-hybridized carbons (Fsp3) is 0.389. The number of ether oxygens (including phenoxy) is 1. The zero-order valence-corrected chi connectivity index (χ0v) is 14.1. The molecule has 2 aromatic rings. The van der Waals surface area contributed by atoms with Crippen LogP contribution in [0.1, 0.15) is 21.9 Å². The highest BCUT2D eigenvalue weighted by Gasteiger charge is 2.21. The highest BCUT2D eigenvalue weighted by Crippen LogP contribution is 2.16. The Morgan fingerprint density at radius 1 is 1.21 bits per heavy atom. The third kappa shape index (κ3) is 3.89. The van der Waals surface area contributed by atoms with Gasteiger partial charge < -0.3 is 14.5 Å². The van der Waals surface area contributed by atoms with Crippen molar-refractivity contribution in [3.05, 3.63) is 53.5 Å². The zero-order valence-electron chi connectivity index (χ0n) is 14.1. The molecule has 1 fully saturated rings. The van der Waals surface area contributed by atoms with Gasteiger partial charge in [-0.1, -0.05) is 30.3 Å². The highest BCUT2D eigenvalue weighted by atomic mass is 16.5. The van der Waals surface area contributed by atoms with Gasteiger partial charge in [0.15, 0.2) is 0 Å². The molecular formula is C18H22N4O2. The molecule has 1 amide bonds. The van der Waals surface area contributed by atoms with Crippen molar-refractivity contribution >= 4 is 11.7 Å². The van der Waals surface area contributed by atoms with Crippen LogP contribution in [0.3, 0.4) is 0 Å². The summed E-state index contributed by atoms with van der Waals surface area (Å²) in [4.78, 5) is 25.3. The highest BCUT2D eigenvalue weighted by molar-refractivity contribution is 5.93. The summed E-state index contributed by atoms with van der Waals surface area (Å²) in [6.45, 7) is 4.92. The van der Waals surface area contributed by atoms with Crippen molar-refractivity contribution in [1.29, 1.82) is 0 Å². The van der Waals surface area contributed by atoms with E-state index in [2.05, 4.69) is 22.1 Å². The van der Waals surface area contributed by atoms with E-state index in [9.17, 15) is 4.79 Å². The normalized spacial score (nSPS) is 14.5. The summed E-state index contributed by atoms with van der Waals surface area (Å²) in [6.07, 6.45) is 0. The van der Waals surface area contributed by atoms with Gasteiger partial charge in [-0.25, -0.2) is 9.97 Å². The van der Waals surface area contributed by atoms with Crippen molar-refractivity contribution in [2.45, 2.75) is 13.5 Å². The van der Waals surface area contributed by atoms with Crippen molar-refractivity contribution in [3.63, 3.8) is 0 Å². The van der Waals surface area contributed by atoms with Crippen molar-refractivity contribution < 1.29 is 9.53 Å². The number of hydrogen-bond donors (Lipinski definition) is 0. The molecule has 0 saturated carbocycles. The molecule has 0 N–H and O–H groups in total. The second-order valence-corrected chi connectivity index (χ2v) is 5.90. The summed E-state index contributed by atoms with van der Waals surface area (Å²) in [5.41, 5.74) is 1.64. The van der Waals surface area contributed by atoms with Crippen LogP contribution in [0.4, 0.5) is 5.82 Å². The Hall–Kier alpha value is -2.47. The van der Waals surface area contributed by atoms with Gasteiger partial charge in [0.1, 0.15) is 17.3 Å². The van der Waals surface area contributed by atoms with Crippen LogP contribution in [-0.2, 0) is 11.3 Å². The molecule has 0 aliphatic carbocycles. The molecule has 1 aromatic heterocycles. The van der Waals surface area contributed by atoms with Crippen LogP contribution in [0.25, 0.3) is 0 Å². The number of benzene rings is 1. The lowest BCUT2D eigenvalue weighted by Gasteiger charge is -2.27. The zero-order chi connectivity index (χ0) is 16.9. The SMILES string of the molecule is Cc1nc(C(=O)N2CCOCC2)cc(N(C)Cc2ccccc2)n1. The summed E-state index contributed by atoms with van der Waals surface area (Å²) in [5, 5.41) is 0. The van der Waals surface area contributed by atoms with Gasteiger partial charge in [-0.2, -0.15) is 0 Å². The van der Waals surface area contributed by atoms with E-state index in [0.717, 1.165) is 12.4 Å². The maximum Gasteiger partial charge on any atom is 0.272 e. The van der Waals surface area contributed by atoms with E-state index in [-0.39, 0.29) is 5.91 Å². The molecule has 3 rings (SSSR count). The Bertz CT molecular complexity index is 699. The molecule has 0 unspecified atom stereocenters. The first-order valence-corrected chi connectivity index (χ1v) is 8.11. The number of nitrogens with zero attached hydrogens (tertiary/aromatic N) is 4. The van der Waals surface area contributed by atoms with Crippen molar-refractivity contribution in [1.82, 2.24) is 14.9 Å². The summed E-state index contributed by atoms with van der Waals surface area (Å²) in [6, 6.07) is 11.9. The lowest BCUT2D eigenvalue weighted by Crippen LogP contribution is -2.41. The molecule has 24 heavy (non-hydrogen) atoms. The van der Waals surface area contributed by atoms with Crippen LogP contribution in [0.2, 0.25) is 0 Å². The number of morpholine rings is 1. The van der Waals surface area contributed by atoms with Crippen LogP contribution in [-0.4, -0.2) is 54.1 Å². The first-order valence-electron chi connectivity index (χ1n) is 8.11. The lowest BCUT2D eigenvalue weighted by molar-refractivity contribution is 0.0299. The maximum absolute atomic E-state index is 12.6. The molecule has 0 atom stereocenters. The molecule has 1 aliphatic heterocycles. The molecule has 0 radical (unpaired) electrons. The Kier molecular flexibility index (Phi) is 5.05. The van der Waals surface area contributed by atoms with Gasteiger partial charge in [-0.3, -0.25) is 4.79 Å². The number of anilines is 1. The Morgan fingerprint density at radius 3 is 2.62 bits per heavy atom. The van der Waals surface area contributed by atoms with Gasteiger partial charge in [-0.15, -0.1) is 0 Å². The van der Waals surface area contributed by atoms with Crippen molar-refractivity contribution in [2.24, 2.45) is 0 Å². The van der Waals surface area contributed by atoms with E-state index in [1.165, 1.54) is 5.56 Å². The topological polar surface area (TPSA) is 58.6 Å². The minimum atomic E-state index is -0.0573. The number of aryl methyl sites for hydroxylation is 1. The summed E-state index contributed by atoms with van der Waals surface area (Å²) in [5.74, 6) is 1.30. The summed E-state index contributed by atoms with van der Waals surface area (Å²) < 4.78 is 5.30. The monoisotopic (exact) mass is 326 g/mol. The van der Waals surface area contributed by atoms with Gasteiger partial charge in [0.2, 0.25) is 0 Å². The molecule has 0 spiro atoms. The standard InChI is InChI=1S/C18H22N4O2/c1-14-19-16(18(23)22-8-10-24-11-9-22)12-17(20-14)21(2)13-15-6-4-3-5-7-15/h3-7,12H,8-11,13H2,1-2H3. The molecule has 6 heteroatoms. The minimum Gasteiger partial charge on any atom is -0.378 e. The predicted octanol–water partition coefficient (Wildman–Crippen LogP) is 1.89. The van der Waals surface area contributed by atoms with Gasteiger partial charge >= 0.3 is 0 Å². The second-order valence-electron chi connectivity index (χ2n) is 5.90. The average molecular weight is 326 g/mol. The quantitative estimate of drug-likeness (QED) is 0.859. The number of carbonyl (C=O) groups is 1. The fourth-order valence-electron chi connectivity index (χ4n) is 2.72. The third-order valence-corrected chi connectivity index (χ3v) is 4.00. The van der Waals surface area contributed by atoms with E-state index in [1.54, 1.807) is 11.0 Å². The Balaban J connectivity index is 1.79. The largest absolute Gasteiger partial charge is 0.378 e. The first-order chi connectivity index (χ1) is 11.6. The van der Waals surface area contributed by atoms with Crippen molar-refractivity contribution in [3.8, 4) is 0 Å². The molecule has 2 heterocycles. The molecule has 1 saturated heterocycles. The minimum absolute atomic E-state index is 0.0573. The number of amides is 1. The number of aromatic nitrogens is 2. The summed E-state index contributed by atoms with van der Waals surface area (Å²) >= 11 is 0. The summed E-state index contributed by atoms with van der Waals surface area (Å²) in [7, 11) is 1.97. The second kappa shape index (κ2) is 7.40. The average Bonchev–Trinajstić information content (AvgIpc) is 2.62. The van der Waals surface area contributed by atoms with Crippen molar-refractivity contribution in [2.75, 3.05) is 38.3 Å². The van der Waals surface area contributed by atoms with Gasteiger partial charge in [0, 0.05) is 32.7 Å². The van der Waals surface area contributed by atoms with E-state index < -0.39 is 0 Å². The molecular weight excluding hydrogens is 304 g/mol. The fourth-order valence-corrected chi connectivity index (χ4v) is 2.72. The number of carbonyl (C=O) groups excluding carboxylic acids is 1. The maximum atomic E-state index is 12.6. The predicted molar refractivity (Wildman–Crippen MR) is 92.0 cm³/mol. The van der Waals surface area contributed by atoms with Crippen LogP contribution >= 0.6 is 0 Å². The lowest BCUT2D eigenvalue weighted by atomic mass is 10.2. The first kappa shape index (κ1) is 16.4. The van der Waals surface area contributed by atoms with Crippen LogP contribution in [0, 0.1) is 6.92 Å². The van der Waals surface area contributed by atoms with E-state index in [1.807, 2.05) is 37.1 Å². The number of hydrogen-bond acceptors (Lipinski definition) is 5. The van der Waals surface area contributed by atoms with E-state index in [0.29, 0.717) is 37.8 Å². The van der Waals surface area contributed by atoms with E-state index in [4.69, 9.17) is 4.74 Å². The molecule has 6 nitrogen and oxygen atoms in total. The molecule has 1 aromatic carbocycles. The van der Waals surface area contributed by atoms with Crippen LogP contribution < -0.4 is 4.90 Å².